The van der Waals surface area contributed by atoms with E-state index in [0.717, 1.165) is 0 Å². The summed E-state index contributed by atoms with van der Waals surface area (Å²) in [5.41, 5.74) is 0.729. The molecule has 0 spiro atoms. The Morgan fingerprint density at radius 3 is 2.33 bits per heavy atom. The number of carbonyl (C=O) groups excluding carboxylic acids is 1. The fourth-order valence-electron chi connectivity index (χ4n) is 2.87. The van der Waals surface area contributed by atoms with E-state index in [2.05, 4.69) is 5.32 Å². The molecule has 0 bridgehead atoms. The van der Waals surface area contributed by atoms with Crippen molar-refractivity contribution < 1.29 is 22.7 Å². The zero-order valence-corrected chi connectivity index (χ0v) is 19.0. The predicted molar refractivity (Wildman–Crippen MR) is 118 cm³/mol. The molecule has 0 saturated heterocycles. The van der Waals surface area contributed by atoms with Gasteiger partial charge >= 0.3 is 0 Å². The van der Waals surface area contributed by atoms with Crippen molar-refractivity contribution in [2.75, 3.05) is 32.1 Å². The normalized spacial score (nSPS) is 11.6. The van der Waals surface area contributed by atoms with Crippen molar-refractivity contribution in [2.45, 2.75) is 32.6 Å². The van der Waals surface area contributed by atoms with E-state index in [1.54, 1.807) is 32.0 Å². The number of rotatable bonds is 10. The van der Waals surface area contributed by atoms with Gasteiger partial charge in [0, 0.05) is 18.7 Å². The molecule has 0 atom stereocenters. The van der Waals surface area contributed by atoms with E-state index in [1.807, 2.05) is 19.9 Å². The van der Waals surface area contributed by atoms with Crippen LogP contribution in [-0.2, 0) is 10.0 Å². The van der Waals surface area contributed by atoms with Crippen LogP contribution in [-0.4, -0.2) is 45.4 Å². The molecule has 2 aromatic carbocycles. The molecule has 164 valence electrons. The van der Waals surface area contributed by atoms with Crippen LogP contribution >= 0.6 is 0 Å². The number of anilines is 1. The molecule has 1 amide bonds. The second kappa shape index (κ2) is 10.4. The molecule has 8 heteroatoms. The van der Waals surface area contributed by atoms with Gasteiger partial charge in [-0.15, -0.1) is 0 Å². The standard InChI is InChI=1S/C22H30N2O5S/c1-6-24(7-2)30(26,27)21-14-17(12-13-20(21)28-5)22(25)23-18-10-8-9-11-19(18)29-15-16(3)4/h8-14,16H,6-7,15H2,1-5H3,(H,23,25). The maximum atomic E-state index is 13.0. The van der Waals surface area contributed by atoms with E-state index >= 15 is 0 Å². The molecule has 0 unspecified atom stereocenters. The van der Waals surface area contributed by atoms with E-state index in [1.165, 1.54) is 29.6 Å². The molecule has 2 aromatic rings. The van der Waals surface area contributed by atoms with E-state index in [0.29, 0.717) is 37.1 Å². The van der Waals surface area contributed by atoms with Crippen LogP contribution in [0, 0.1) is 5.92 Å². The average Bonchev–Trinajstić information content (AvgIpc) is 2.73. The summed E-state index contributed by atoms with van der Waals surface area (Å²) in [6, 6.07) is 11.5. The molecule has 0 aliphatic carbocycles. The lowest BCUT2D eigenvalue weighted by molar-refractivity contribution is 0.102. The third-order valence-electron chi connectivity index (χ3n) is 4.46. The summed E-state index contributed by atoms with van der Waals surface area (Å²) in [6.07, 6.45) is 0. The number of ether oxygens (including phenoxy) is 2. The van der Waals surface area contributed by atoms with Gasteiger partial charge in [0.25, 0.3) is 5.91 Å². The van der Waals surface area contributed by atoms with Crippen molar-refractivity contribution in [1.82, 2.24) is 4.31 Å². The molecule has 0 aromatic heterocycles. The molecule has 0 fully saturated rings. The molecule has 0 saturated carbocycles. The van der Waals surface area contributed by atoms with Gasteiger partial charge in [0.15, 0.2) is 0 Å². The van der Waals surface area contributed by atoms with Crippen LogP contribution in [0.4, 0.5) is 5.69 Å². The fourth-order valence-corrected chi connectivity index (χ4v) is 4.51. The van der Waals surface area contributed by atoms with Gasteiger partial charge in [0.2, 0.25) is 10.0 Å². The smallest absolute Gasteiger partial charge is 0.255 e. The van der Waals surface area contributed by atoms with Gasteiger partial charge in [0.1, 0.15) is 16.4 Å². The van der Waals surface area contributed by atoms with Crippen molar-refractivity contribution in [2.24, 2.45) is 5.92 Å². The van der Waals surface area contributed by atoms with Crippen molar-refractivity contribution in [3.8, 4) is 11.5 Å². The summed E-state index contributed by atoms with van der Waals surface area (Å²) in [6.45, 7) is 8.75. The molecule has 0 radical (unpaired) electrons. The molecule has 0 aliphatic heterocycles. The summed E-state index contributed by atoms with van der Waals surface area (Å²) in [5.74, 6) is 0.653. The molecule has 0 aliphatic rings. The monoisotopic (exact) mass is 434 g/mol. The molecular weight excluding hydrogens is 404 g/mol. The summed E-state index contributed by atoms with van der Waals surface area (Å²) < 4.78 is 38.3. The number of nitrogens with one attached hydrogen (secondary N) is 1. The molecule has 30 heavy (non-hydrogen) atoms. The molecule has 7 nitrogen and oxygen atoms in total. The van der Waals surface area contributed by atoms with Crippen LogP contribution in [0.1, 0.15) is 38.1 Å². The number of amides is 1. The summed E-state index contributed by atoms with van der Waals surface area (Å²) in [4.78, 5) is 12.8. The van der Waals surface area contributed by atoms with Crippen molar-refractivity contribution in [3.63, 3.8) is 0 Å². The quantitative estimate of drug-likeness (QED) is 0.611. The fraction of sp³-hybridized carbons (Fsp3) is 0.409. The summed E-state index contributed by atoms with van der Waals surface area (Å²) in [7, 11) is -2.39. The lowest BCUT2D eigenvalue weighted by atomic mass is 10.2. The number of para-hydroxylation sites is 2. The highest BCUT2D eigenvalue weighted by Gasteiger charge is 2.27. The molecular formula is C22H30N2O5S. The van der Waals surface area contributed by atoms with Crippen molar-refractivity contribution >= 4 is 21.6 Å². The zero-order valence-electron chi connectivity index (χ0n) is 18.1. The van der Waals surface area contributed by atoms with Crippen LogP contribution < -0.4 is 14.8 Å². The lowest BCUT2D eigenvalue weighted by Gasteiger charge is -2.20. The van der Waals surface area contributed by atoms with E-state index in [4.69, 9.17) is 9.47 Å². The number of methoxy groups -OCH3 is 1. The maximum absolute atomic E-state index is 13.0. The minimum absolute atomic E-state index is 0.0364. The van der Waals surface area contributed by atoms with Gasteiger partial charge in [-0.1, -0.05) is 39.8 Å². The maximum Gasteiger partial charge on any atom is 0.255 e. The first-order valence-electron chi connectivity index (χ1n) is 9.95. The average molecular weight is 435 g/mol. The molecule has 2 rings (SSSR count). The first kappa shape index (κ1) is 23.7. The molecule has 1 N–H and O–H groups in total. The van der Waals surface area contributed by atoms with Crippen LogP contribution in [0.3, 0.4) is 0 Å². The first-order valence-corrected chi connectivity index (χ1v) is 11.4. The minimum Gasteiger partial charge on any atom is -0.495 e. The highest BCUT2D eigenvalue weighted by atomic mass is 32.2. The number of benzene rings is 2. The number of carbonyl (C=O) groups is 1. The van der Waals surface area contributed by atoms with E-state index < -0.39 is 15.9 Å². The van der Waals surface area contributed by atoms with E-state index in [9.17, 15) is 13.2 Å². The van der Waals surface area contributed by atoms with Crippen molar-refractivity contribution in [3.05, 3.63) is 48.0 Å². The van der Waals surface area contributed by atoms with E-state index in [-0.39, 0.29) is 16.2 Å². The number of hydrogen-bond acceptors (Lipinski definition) is 5. The van der Waals surface area contributed by atoms with Crippen LogP contribution in [0.15, 0.2) is 47.4 Å². The summed E-state index contributed by atoms with van der Waals surface area (Å²) in [5, 5.41) is 2.81. The number of nitrogens with zero attached hydrogens (tertiary/aromatic N) is 1. The van der Waals surface area contributed by atoms with Gasteiger partial charge in [-0.3, -0.25) is 4.79 Å². The van der Waals surface area contributed by atoms with Gasteiger partial charge in [-0.25, -0.2) is 8.42 Å². The highest BCUT2D eigenvalue weighted by molar-refractivity contribution is 7.89. The van der Waals surface area contributed by atoms with Gasteiger partial charge in [0.05, 0.1) is 19.4 Å². The van der Waals surface area contributed by atoms with Gasteiger partial charge < -0.3 is 14.8 Å². The first-order chi connectivity index (χ1) is 14.2. The topological polar surface area (TPSA) is 84.9 Å². The Bertz CT molecular complexity index is 969. The van der Waals surface area contributed by atoms with Crippen molar-refractivity contribution in [1.29, 1.82) is 0 Å². The highest BCUT2D eigenvalue weighted by Crippen LogP contribution is 2.29. The predicted octanol–water partition coefficient (Wildman–Crippen LogP) is 4.01. The Morgan fingerprint density at radius 2 is 1.73 bits per heavy atom. The Labute approximate surface area is 179 Å². The van der Waals surface area contributed by atoms with Gasteiger partial charge in [-0.2, -0.15) is 4.31 Å². The SMILES string of the molecule is CCN(CC)S(=O)(=O)c1cc(C(=O)Nc2ccccc2OCC(C)C)ccc1OC. The largest absolute Gasteiger partial charge is 0.495 e. The minimum atomic E-state index is -3.80. The Morgan fingerprint density at radius 1 is 1.07 bits per heavy atom. The van der Waals surface area contributed by atoms with Crippen LogP contribution in [0.25, 0.3) is 0 Å². The Balaban J connectivity index is 2.36. The third-order valence-corrected chi connectivity index (χ3v) is 6.53. The third kappa shape index (κ3) is 5.52. The van der Waals surface area contributed by atoms with Gasteiger partial charge in [-0.05, 0) is 36.2 Å². The Hall–Kier alpha value is -2.58. The lowest BCUT2D eigenvalue weighted by Crippen LogP contribution is -2.31. The van der Waals surface area contributed by atoms with Crippen LogP contribution in [0.2, 0.25) is 0 Å². The molecule has 0 heterocycles. The Kier molecular flexibility index (Phi) is 8.25. The second-order valence-electron chi connectivity index (χ2n) is 7.11. The summed E-state index contributed by atoms with van der Waals surface area (Å²) >= 11 is 0. The number of sulfonamides is 1. The zero-order chi connectivity index (χ0) is 22.3. The number of hydrogen-bond donors (Lipinski definition) is 1. The second-order valence-corrected chi connectivity index (χ2v) is 9.02. The van der Waals surface area contributed by atoms with Crippen LogP contribution in [0.5, 0.6) is 11.5 Å².